The highest BCUT2D eigenvalue weighted by Gasteiger charge is 2.19. The second-order valence-corrected chi connectivity index (χ2v) is 7.01. The molecule has 0 radical (unpaired) electrons. The minimum absolute atomic E-state index is 0.00663. The minimum Gasteiger partial charge on any atom is -0.497 e. The molecule has 2 amide bonds. The topological polar surface area (TPSA) is 61.9 Å². The molecule has 1 N–H and O–H groups in total. The molecule has 6 nitrogen and oxygen atoms in total. The zero-order valence-electron chi connectivity index (χ0n) is 17.0. The van der Waals surface area contributed by atoms with Gasteiger partial charge in [0.1, 0.15) is 5.75 Å². The van der Waals surface area contributed by atoms with E-state index in [2.05, 4.69) is 24.1 Å². The lowest BCUT2D eigenvalue weighted by molar-refractivity contribution is -0.134. The van der Waals surface area contributed by atoms with Gasteiger partial charge in [-0.25, -0.2) is 0 Å². The monoisotopic (exact) mass is 383 g/mol. The Morgan fingerprint density at radius 1 is 1.04 bits per heavy atom. The van der Waals surface area contributed by atoms with Crippen LogP contribution in [0.25, 0.3) is 0 Å². The van der Waals surface area contributed by atoms with Crippen molar-refractivity contribution in [2.75, 3.05) is 32.6 Å². The first-order chi connectivity index (χ1) is 13.4. The van der Waals surface area contributed by atoms with Gasteiger partial charge in [-0.15, -0.1) is 0 Å². The van der Waals surface area contributed by atoms with Crippen LogP contribution in [-0.4, -0.2) is 54.9 Å². The fraction of sp³-hybridized carbons (Fsp3) is 0.364. The molecule has 0 bridgehead atoms. The molecule has 0 aliphatic heterocycles. The summed E-state index contributed by atoms with van der Waals surface area (Å²) in [5, 5.41) is 2.79. The molecule has 0 heterocycles. The van der Waals surface area contributed by atoms with Gasteiger partial charge in [0.25, 0.3) is 0 Å². The average Bonchev–Trinajstić information content (AvgIpc) is 2.68. The molecule has 2 aromatic rings. The van der Waals surface area contributed by atoms with E-state index < -0.39 is 0 Å². The first kappa shape index (κ1) is 21.4. The SMILES string of the molecule is COc1cccc(NC(=O)CN(C)C(=O)CN(Cc2ccccc2)C(C)C)c1. The summed E-state index contributed by atoms with van der Waals surface area (Å²) in [4.78, 5) is 28.4. The molecular formula is C22H29N3O3. The van der Waals surface area contributed by atoms with E-state index in [9.17, 15) is 9.59 Å². The summed E-state index contributed by atoms with van der Waals surface area (Å²) < 4.78 is 5.15. The van der Waals surface area contributed by atoms with Gasteiger partial charge in [-0.05, 0) is 31.5 Å². The van der Waals surface area contributed by atoms with Crippen LogP contribution in [0, 0.1) is 0 Å². The maximum Gasteiger partial charge on any atom is 0.243 e. The number of nitrogens with zero attached hydrogens (tertiary/aromatic N) is 2. The molecule has 6 heteroatoms. The van der Waals surface area contributed by atoms with Crippen molar-refractivity contribution in [3.8, 4) is 5.75 Å². The summed E-state index contributed by atoms with van der Waals surface area (Å²) in [5.74, 6) is 0.324. The molecule has 150 valence electrons. The molecule has 0 aliphatic rings. The number of anilines is 1. The third-order valence-corrected chi connectivity index (χ3v) is 4.46. The van der Waals surface area contributed by atoms with Crippen molar-refractivity contribution in [1.29, 1.82) is 0 Å². The molecule has 2 aromatic carbocycles. The van der Waals surface area contributed by atoms with Gasteiger partial charge in [0, 0.05) is 31.4 Å². The number of carbonyl (C=O) groups is 2. The van der Waals surface area contributed by atoms with Gasteiger partial charge in [-0.3, -0.25) is 14.5 Å². The molecule has 0 unspecified atom stereocenters. The van der Waals surface area contributed by atoms with E-state index in [-0.39, 0.29) is 30.9 Å². The first-order valence-corrected chi connectivity index (χ1v) is 9.35. The summed E-state index contributed by atoms with van der Waals surface area (Å²) in [6, 6.07) is 17.4. The lowest BCUT2D eigenvalue weighted by Gasteiger charge is -2.28. The number of benzene rings is 2. The van der Waals surface area contributed by atoms with Crippen molar-refractivity contribution in [3.63, 3.8) is 0 Å². The Morgan fingerprint density at radius 2 is 1.75 bits per heavy atom. The predicted octanol–water partition coefficient (Wildman–Crippen LogP) is 3.00. The highest BCUT2D eigenvalue weighted by atomic mass is 16.5. The standard InChI is InChI=1S/C22H29N3O3/c1-17(2)25(14-18-9-6-5-7-10-18)16-22(27)24(3)15-21(26)23-19-11-8-12-20(13-19)28-4/h5-13,17H,14-16H2,1-4H3,(H,23,26). The Morgan fingerprint density at radius 3 is 2.39 bits per heavy atom. The molecule has 28 heavy (non-hydrogen) atoms. The number of hydrogen-bond donors (Lipinski definition) is 1. The van der Waals surface area contributed by atoms with Gasteiger partial charge in [0.2, 0.25) is 11.8 Å². The number of likely N-dealkylation sites (N-methyl/N-ethyl adjacent to an activating group) is 1. The van der Waals surface area contributed by atoms with Gasteiger partial charge >= 0.3 is 0 Å². The number of methoxy groups -OCH3 is 1. The normalized spacial score (nSPS) is 10.8. The van der Waals surface area contributed by atoms with Crippen LogP contribution in [0.15, 0.2) is 54.6 Å². The zero-order valence-corrected chi connectivity index (χ0v) is 17.0. The molecular weight excluding hydrogens is 354 g/mol. The van der Waals surface area contributed by atoms with E-state index in [1.54, 1.807) is 38.4 Å². The van der Waals surface area contributed by atoms with E-state index in [4.69, 9.17) is 4.74 Å². The molecule has 2 rings (SSSR count). The molecule has 0 saturated carbocycles. The molecule has 0 atom stereocenters. The van der Waals surface area contributed by atoms with Gasteiger partial charge < -0.3 is 15.0 Å². The number of hydrogen-bond acceptors (Lipinski definition) is 4. The number of ether oxygens (including phenoxy) is 1. The van der Waals surface area contributed by atoms with E-state index >= 15 is 0 Å². The molecule has 0 aliphatic carbocycles. The van der Waals surface area contributed by atoms with E-state index in [1.165, 1.54) is 4.90 Å². The summed E-state index contributed by atoms with van der Waals surface area (Å²) in [6.07, 6.45) is 0. The lowest BCUT2D eigenvalue weighted by Crippen LogP contribution is -2.43. The van der Waals surface area contributed by atoms with Crippen molar-refractivity contribution >= 4 is 17.5 Å². The fourth-order valence-corrected chi connectivity index (χ4v) is 2.74. The van der Waals surface area contributed by atoms with Crippen molar-refractivity contribution in [3.05, 3.63) is 60.2 Å². The van der Waals surface area contributed by atoms with Gasteiger partial charge in [-0.2, -0.15) is 0 Å². The number of amides is 2. The highest BCUT2D eigenvalue weighted by molar-refractivity contribution is 5.94. The van der Waals surface area contributed by atoms with Gasteiger partial charge in [-0.1, -0.05) is 36.4 Å². The molecule has 0 aromatic heterocycles. The van der Waals surface area contributed by atoms with Gasteiger partial charge in [0.15, 0.2) is 0 Å². The van der Waals surface area contributed by atoms with Crippen LogP contribution in [0.3, 0.4) is 0 Å². The first-order valence-electron chi connectivity index (χ1n) is 9.35. The minimum atomic E-state index is -0.247. The Kier molecular flexibility index (Phi) is 8.02. The molecule has 0 fully saturated rings. The number of carbonyl (C=O) groups excluding carboxylic acids is 2. The summed E-state index contributed by atoms with van der Waals surface area (Å²) in [6.45, 7) is 5.06. The summed E-state index contributed by atoms with van der Waals surface area (Å²) in [7, 11) is 3.22. The van der Waals surface area contributed by atoms with E-state index in [0.29, 0.717) is 18.0 Å². The van der Waals surface area contributed by atoms with Crippen LogP contribution >= 0.6 is 0 Å². The van der Waals surface area contributed by atoms with Crippen LogP contribution in [-0.2, 0) is 16.1 Å². The third-order valence-electron chi connectivity index (χ3n) is 4.46. The number of rotatable bonds is 9. The van der Waals surface area contributed by atoms with E-state index in [1.807, 2.05) is 30.3 Å². The quantitative estimate of drug-likeness (QED) is 0.723. The van der Waals surface area contributed by atoms with Crippen molar-refractivity contribution in [2.45, 2.75) is 26.4 Å². The predicted molar refractivity (Wildman–Crippen MR) is 111 cm³/mol. The van der Waals surface area contributed by atoms with E-state index in [0.717, 1.165) is 5.56 Å². The molecule has 0 spiro atoms. The van der Waals surface area contributed by atoms with Crippen molar-refractivity contribution < 1.29 is 14.3 Å². The average molecular weight is 383 g/mol. The summed E-state index contributed by atoms with van der Waals surface area (Å²) >= 11 is 0. The van der Waals surface area contributed by atoms with Crippen LogP contribution in [0.4, 0.5) is 5.69 Å². The second kappa shape index (κ2) is 10.5. The largest absolute Gasteiger partial charge is 0.497 e. The van der Waals surface area contributed by atoms with Crippen LogP contribution in [0.2, 0.25) is 0 Å². The van der Waals surface area contributed by atoms with Crippen LogP contribution in [0.1, 0.15) is 19.4 Å². The van der Waals surface area contributed by atoms with Gasteiger partial charge in [0.05, 0.1) is 20.2 Å². The maximum atomic E-state index is 12.6. The van der Waals surface area contributed by atoms with Crippen molar-refractivity contribution in [2.24, 2.45) is 0 Å². The van der Waals surface area contributed by atoms with Crippen LogP contribution in [0.5, 0.6) is 5.75 Å². The fourth-order valence-electron chi connectivity index (χ4n) is 2.74. The summed E-state index contributed by atoms with van der Waals surface area (Å²) in [5.41, 5.74) is 1.79. The molecule has 0 saturated heterocycles. The Labute approximate surface area is 167 Å². The smallest absolute Gasteiger partial charge is 0.243 e. The lowest BCUT2D eigenvalue weighted by atomic mass is 10.2. The third kappa shape index (κ3) is 6.70. The van der Waals surface area contributed by atoms with Crippen LogP contribution < -0.4 is 10.1 Å². The highest BCUT2D eigenvalue weighted by Crippen LogP contribution is 2.16. The Balaban J connectivity index is 1.90. The number of nitrogens with one attached hydrogen (secondary N) is 1. The van der Waals surface area contributed by atoms with Crippen molar-refractivity contribution in [1.82, 2.24) is 9.80 Å². The maximum absolute atomic E-state index is 12.6. The second-order valence-electron chi connectivity index (χ2n) is 7.01. The Hall–Kier alpha value is -2.86. The Bertz CT molecular complexity index is 778. The zero-order chi connectivity index (χ0) is 20.5.